The van der Waals surface area contributed by atoms with E-state index in [0.29, 0.717) is 11.3 Å². The maximum atomic E-state index is 12.6. The predicted octanol–water partition coefficient (Wildman–Crippen LogP) is 2.81. The lowest BCUT2D eigenvalue weighted by Crippen LogP contribution is -2.29. The van der Waals surface area contributed by atoms with Gasteiger partial charge in [-0.15, -0.1) is 0 Å². The summed E-state index contributed by atoms with van der Waals surface area (Å²) in [4.78, 5) is 18.6. The Hall–Kier alpha value is -2.10. The second-order valence-electron chi connectivity index (χ2n) is 6.18. The Bertz CT molecular complexity index is 709. The van der Waals surface area contributed by atoms with Crippen molar-refractivity contribution in [2.75, 3.05) is 13.1 Å². The first-order valence-electron chi connectivity index (χ1n) is 7.60. The van der Waals surface area contributed by atoms with Gasteiger partial charge < -0.3 is 10.0 Å². The summed E-state index contributed by atoms with van der Waals surface area (Å²) in [6.07, 6.45) is 5.37. The summed E-state index contributed by atoms with van der Waals surface area (Å²) in [5.74, 6) is 1.34. The molecule has 108 valence electrons. The fourth-order valence-electron chi connectivity index (χ4n) is 3.38. The number of carbonyl (C=O) groups excluding carboxylic acids is 1. The van der Waals surface area contributed by atoms with Crippen molar-refractivity contribution in [2.24, 2.45) is 11.8 Å². The third-order valence-electron chi connectivity index (χ3n) is 4.78. The van der Waals surface area contributed by atoms with E-state index in [2.05, 4.69) is 4.98 Å². The molecular weight excluding hydrogens is 264 g/mol. The van der Waals surface area contributed by atoms with Crippen molar-refractivity contribution in [1.29, 1.82) is 0 Å². The van der Waals surface area contributed by atoms with Gasteiger partial charge in [-0.2, -0.15) is 0 Å². The molecule has 2 heterocycles. The molecule has 1 aliphatic heterocycles. The summed E-state index contributed by atoms with van der Waals surface area (Å²) >= 11 is 0. The molecule has 1 saturated heterocycles. The molecule has 2 aromatic rings. The van der Waals surface area contributed by atoms with E-state index in [0.717, 1.165) is 30.8 Å². The minimum Gasteiger partial charge on any atom is -0.505 e. The van der Waals surface area contributed by atoms with Crippen LogP contribution >= 0.6 is 0 Å². The molecule has 4 heteroatoms. The van der Waals surface area contributed by atoms with Gasteiger partial charge in [0.05, 0.1) is 0 Å². The second kappa shape index (κ2) is 4.72. The molecule has 1 aromatic carbocycles. The lowest BCUT2D eigenvalue weighted by molar-refractivity contribution is 0.0777. The number of aromatic nitrogens is 1. The van der Waals surface area contributed by atoms with Gasteiger partial charge in [0.1, 0.15) is 0 Å². The van der Waals surface area contributed by atoms with Crippen molar-refractivity contribution in [2.45, 2.75) is 19.3 Å². The second-order valence-corrected chi connectivity index (χ2v) is 6.18. The minimum absolute atomic E-state index is 0.00738. The van der Waals surface area contributed by atoms with Gasteiger partial charge >= 0.3 is 0 Å². The van der Waals surface area contributed by atoms with Crippen LogP contribution < -0.4 is 0 Å². The van der Waals surface area contributed by atoms with Gasteiger partial charge in [-0.25, -0.2) is 4.98 Å². The molecule has 21 heavy (non-hydrogen) atoms. The zero-order chi connectivity index (χ0) is 14.4. The van der Waals surface area contributed by atoms with E-state index in [-0.39, 0.29) is 17.4 Å². The summed E-state index contributed by atoms with van der Waals surface area (Å²) in [7, 11) is 0. The first-order valence-corrected chi connectivity index (χ1v) is 7.60. The van der Waals surface area contributed by atoms with E-state index in [1.54, 1.807) is 6.20 Å². The summed E-state index contributed by atoms with van der Waals surface area (Å²) in [6.45, 7) is 1.60. The van der Waals surface area contributed by atoms with E-state index in [1.165, 1.54) is 12.8 Å². The molecule has 2 fully saturated rings. The molecular formula is C17H18N2O2. The van der Waals surface area contributed by atoms with Crippen LogP contribution in [0.1, 0.15) is 29.8 Å². The van der Waals surface area contributed by atoms with E-state index in [4.69, 9.17) is 0 Å². The molecule has 1 amide bonds. The Balaban J connectivity index is 1.63. The normalized spacial score (nSPS) is 21.9. The molecule has 4 nitrogen and oxygen atoms in total. The van der Waals surface area contributed by atoms with Gasteiger partial charge in [-0.3, -0.25) is 4.79 Å². The van der Waals surface area contributed by atoms with Crippen LogP contribution in [0.15, 0.2) is 30.5 Å². The van der Waals surface area contributed by atoms with Crippen molar-refractivity contribution >= 4 is 16.7 Å². The third-order valence-corrected chi connectivity index (χ3v) is 4.78. The van der Waals surface area contributed by atoms with Gasteiger partial charge in [-0.05, 0) is 31.1 Å². The smallest absolute Gasteiger partial charge is 0.276 e. The number of benzene rings is 1. The summed E-state index contributed by atoms with van der Waals surface area (Å²) in [6, 6.07) is 7.45. The van der Waals surface area contributed by atoms with Crippen LogP contribution in [0.2, 0.25) is 0 Å². The fourth-order valence-corrected chi connectivity index (χ4v) is 3.38. The van der Waals surface area contributed by atoms with Gasteiger partial charge in [0.15, 0.2) is 11.4 Å². The van der Waals surface area contributed by atoms with Crippen molar-refractivity contribution < 1.29 is 9.90 Å². The number of amides is 1. The van der Waals surface area contributed by atoms with Gasteiger partial charge in [0.25, 0.3) is 5.91 Å². The monoisotopic (exact) mass is 282 g/mol. The van der Waals surface area contributed by atoms with Crippen LogP contribution in [0.25, 0.3) is 10.8 Å². The number of aromatic hydroxyl groups is 1. The van der Waals surface area contributed by atoms with Gasteiger partial charge in [0, 0.05) is 30.1 Å². The molecule has 2 aliphatic rings. The predicted molar refractivity (Wildman–Crippen MR) is 80.1 cm³/mol. The number of pyridine rings is 1. The van der Waals surface area contributed by atoms with E-state index in [9.17, 15) is 9.90 Å². The summed E-state index contributed by atoms with van der Waals surface area (Å²) in [5.41, 5.74) is 0.185. The quantitative estimate of drug-likeness (QED) is 0.921. The van der Waals surface area contributed by atoms with Crippen LogP contribution in [0.5, 0.6) is 5.75 Å². The highest BCUT2D eigenvalue weighted by Crippen LogP contribution is 2.41. The highest BCUT2D eigenvalue weighted by molar-refractivity contribution is 6.01. The molecule has 0 radical (unpaired) electrons. The molecule has 1 N–H and O–H groups in total. The van der Waals surface area contributed by atoms with Crippen LogP contribution in [0.4, 0.5) is 0 Å². The van der Waals surface area contributed by atoms with Crippen LogP contribution in [-0.4, -0.2) is 34.0 Å². The van der Waals surface area contributed by atoms with Crippen molar-refractivity contribution in [3.63, 3.8) is 0 Å². The maximum Gasteiger partial charge on any atom is 0.276 e. The van der Waals surface area contributed by atoms with E-state index >= 15 is 0 Å². The fraction of sp³-hybridized carbons (Fsp3) is 0.412. The van der Waals surface area contributed by atoms with E-state index < -0.39 is 0 Å². The number of hydrogen-bond donors (Lipinski definition) is 1. The van der Waals surface area contributed by atoms with Crippen LogP contribution in [0, 0.1) is 11.8 Å². The summed E-state index contributed by atoms with van der Waals surface area (Å²) in [5, 5.41) is 11.9. The minimum atomic E-state index is -0.138. The van der Waals surface area contributed by atoms with Crippen LogP contribution in [0.3, 0.4) is 0 Å². The summed E-state index contributed by atoms with van der Waals surface area (Å²) < 4.78 is 0. The van der Waals surface area contributed by atoms with E-state index in [1.807, 2.05) is 29.2 Å². The Labute approximate surface area is 123 Å². The topological polar surface area (TPSA) is 53.4 Å². The lowest BCUT2D eigenvalue weighted by atomic mass is 10.0. The van der Waals surface area contributed by atoms with Crippen molar-refractivity contribution in [3.05, 3.63) is 36.2 Å². The van der Waals surface area contributed by atoms with Crippen LogP contribution in [-0.2, 0) is 0 Å². The average Bonchev–Trinajstić information content (AvgIpc) is 3.25. The maximum absolute atomic E-state index is 12.6. The standard InChI is InChI=1S/C17H18N2O2/c20-16-14-4-2-1-3-12(14)9-18-15(16)17(21)19-8-7-13(10-19)11-5-6-11/h1-4,9,11,13,20H,5-8,10H2. The van der Waals surface area contributed by atoms with Crippen molar-refractivity contribution in [1.82, 2.24) is 9.88 Å². The molecule has 0 bridgehead atoms. The Morgan fingerprint density at radius 2 is 2.00 bits per heavy atom. The molecule has 1 atom stereocenters. The number of fused-ring (bicyclic) bond motifs is 1. The van der Waals surface area contributed by atoms with Gasteiger partial charge in [-0.1, -0.05) is 24.3 Å². The molecule has 1 aromatic heterocycles. The first kappa shape index (κ1) is 12.6. The largest absolute Gasteiger partial charge is 0.505 e. The highest BCUT2D eigenvalue weighted by atomic mass is 16.3. The zero-order valence-corrected chi connectivity index (χ0v) is 11.8. The van der Waals surface area contributed by atoms with Gasteiger partial charge in [0.2, 0.25) is 0 Å². The Kier molecular flexibility index (Phi) is 2.84. The zero-order valence-electron chi connectivity index (χ0n) is 11.8. The highest BCUT2D eigenvalue weighted by Gasteiger charge is 2.38. The number of rotatable bonds is 2. The molecule has 0 spiro atoms. The first-order chi connectivity index (χ1) is 10.2. The number of carbonyl (C=O) groups is 1. The van der Waals surface area contributed by atoms with Crippen molar-refractivity contribution in [3.8, 4) is 5.75 Å². The Morgan fingerprint density at radius 3 is 2.81 bits per heavy atom. The number of hydrogen-bond acceptors (Lipinski definition) is 3. The number of likely N-dealkylation sites (tertiary alicyclic amines) is 1. The molecule has 1 aliphatic carbocycles. The Morgan fingerprint density at radius 1 is 1.19 bits per heavy atom. The number of nitrogens with zero attached hydrogens (tertiary/aromatic N) is 2. The molecule has 1 unspecified atom stereocenters. The SMILES string of the molecule is O=C(c1ncc2ccccc2c1O)N1CCC(C2CC2)C1. The third kappa shape index (κ3) is 2.15. The molecule has 4 rings (SSSR count). The lowest BCUT2D eigenvalue weighted by Gasteiger charge is -2.17. The molecule has 1 saturated carbocycles. The average molecular weight is 282 g/mol.